The number of aryl methyl sites for hydroxylation is 1. The Balaban J connectivity index is 2.21. The summed E-state index contributed by atoms with van der Waals surface area (Å²) in [4.78, 5) is 15.9. The Morgan fingerprint density at radius 2 is 2.25 bits per heavy atom. The first-order chi connectivity index (χ1) is 9.60. The minimum Gasteiger partial charge on any atom is -0.408 e. The predicted octanol–water partition coefficient (Wildman–Crippen LogP) is 1.99. The van der Waals surface area contributed by atoms with E-state index in [4.69, 9.17) is 4.42 Å². The fraction of sp³-hybridized carbons (Fsp3) is 0.333. The van der Waals surface area contributed by atoms with Crippen molar-refractivity contribution >= 4 is 17.7 Å². The van der Waals surface area contributed by atoms with Crippen molar-refractivity contribution in [2.45, 2.75) is 20.3 Å². The third kappa shape index (κ3) is 3.28. The topological polar surface area (TPSA) is 92.9 Å². The monoisotopic (exact) mass is 279 g/mol. The Bertz CT molecular complexity index is 614. The smallest absolute Gasteiger partial charge is 0.322 e. The zero-order chi connectivity index (χ0) is 14.5. The molecule has 106 valence electrons. The highest BCUT2D eigenvalue weighted by atomic mass is 19.1. The van der Waals surface area contributed by atoms with E-state index in [1.807, 2.05) is 6.92 Å². The van der Waals surface area contributed by atoms with Gasteiger partial charge in [0.2, 0.25) is 5.89 Å². The number of hydrogen-bond acceptors (Lipinski definition) is 6. The van der Waals surface area contributed by atoms with Crippen LogP contribution < -0.4 is 10.6 Å². The highest BCUT2D eigenvalue weighted by Gasteiger charge is 2.16. The van der Waals surface area contributed by atoms with Gasteiger partial charge in [0.25, 0.3) is 5.91 Å². The molecule has 0 unspecified atom stereocenters. The molecule has 0 saturated carbocycles. The lowest BCUT2D eigenvalue weighted by atomic mass is 10.2. The van der Waals surface area contributed by atoms with E-state index in [-0.39, 0.29) is 11.6 Å². The van der Waals surface area contributed by atoms with Crippen LogP contribution in [0.2, 0.25) is 0 Å². The summed E-state index contributed by atoms with van der Waals surface area (Å²) < 4.78 is 18.3. The average Bonchev–Trinajstić information content (AvgIpc) is 2.82. The van der Waals surface area contributed by atoms with Gasteiger partial charge in [0.1, 0.15) is 11.6 Å². The summed E-state index contributed by atoms with van der Waals surface area (Å²) in [6.45, 7) is 4.19. The van der Waals surface area contributed by atoms with Gasteiger partial charge in [-0.15, -0.1) is 5.10 Å². The molecular formula is C12H14FN5O2. The van der Waals surface area contributed by atoms with Gasteiger partial charge in [0, 0.05) is 13.5 Å². The van der Waals surface area contributed by atoms with Crippen molar-refractivity contribution in [2.24, 2.45) is 0 Å². The van der Waals surface area contributed by atoms with Crippen molar-refractivity contribution < 1.29 is 13.6 Å². The first-order valence-corrected chi connectivity index (χ1v) is 6.11. The molecule has 0 aliphatic heterocycles. The number of hydrogen-bond donors (Lipinski definition) is 2. The van der Waals surface area contributed by atoms with Crippen molar-refractivity contribution in [1.82, 2.24) is 15.2 Å². The van der Waals surface area contributed by atoms with E-state index in [2.05, 4.69) is 25.8 Å². The number of halogens is 1. The van der Waals surface area contributed by atoms with Gasteiger partial charge in [0.05, 0.1) is 11.8 Å². The number of pyridine rings is 1. The number of amides is 1. The van der Waals surface area contributed by atoms with Gasteiger partial charge in [-0.2, -0.15) is 0 Å². The van der Waals surface area contributed by atoms with Crippen molar-refractivity contribution in [3.63, 3.8) is 0 Å². The second-order valence-electron chi connectivity index (χ2n) is 4.06. The summed E-state index contributed by atoms with van der Waals surface area (Å²) in [5.74, 6) is -0.540. The van der Waals surface area contributed by atoms with Crippen molar-refractivity contribution in [1.29, 1.82) is 0 Å². The Hall–Kier alpha value is -2.51. The Kier molecular flexibility index (Phi) is 4.24. The minimum atomic E-state index is -0.598. The summed E-state index contributed by atoms with van der Waals surface area (Å²) in [7, 11) is 0. The lowest BCUT2D eigenvalue weighted by Crippen LogP contribution is -2.16. The van der Waals surface area contributed by atoms with Crippen molar-refractivity contribution in [2.75, 3.05) is 17.2 Å². The second kappa shape index (κ2) is 6.09. The van der Waals surface area contributed by atoms with E-state index in [9.17, 15) is 9.18 Å². The van der Waals surface area contributed by atoms with E-state index >= 15 is 0 Å². The van der Waals surface area contributed by atoms with E-state index in [0.29, 0.717) is 18.3 Å². The van der Waals surface area contributed by atoms with Crippen LogP contribution in [0.1, 0.15) is 29.6 Å². The summed E-state index contributed by atoms with van der Waals surface area (Å²) in [6, 6.07) is 1.06. The fourth-order valence-electron chi connectivity index (χ4n) is 1.51. The van der Waals surface area contributed by atoms with E-state index in [0.717, 1.165) is 18.7 Å². The molecule has 20 heavy (non-hydrogen) atoms. The molecule has 0 atom stereocenters. The summed E-state index contributed by atoms with van der Waals surface area (Å²) in [6.07, 6.45) is 1.90. The van der Waals surface area contributed by atoms with Crippen LogP contribution in [-0.2, 0) is 0 Å². The maximum atomic E-state index is 13.3. The molecule has 0 fully saturated rings. The number of rotatable bonds is 5. The van der Waals surface area contributed by atoms with Crippen LogP contribution in [0.25, 0.3) is 0 Å². The number of carbonyl (C=O) groups excluding carboxylic acids is 1. The van der Waals surface area contributed by atoms with Gasteiger partial charge in [0.15, 0.2) is 0 Å². The molecule has 0 spiro atoms. The van der Waals surface area contributed by atoms with Crippen LogP contribution in [0.15, 0.2) is 16.7 Å². The van der Waals surface area contributed by atoms with Crippen molar-refractivity contribution in [3.05, 3.63) is 29.5 Å². The molecular weight excluding hydrogens is 265 g/mol. The maximum Gasteiger partial charge on any atom is 0.322 e. The zero-order valence-corrected chi connectivity index (χ0v) is 11.1. The lowest BCUT2D eigenvalue weighted by molar-refractivity contribution is 0.102. The normalized spacial score (nSPS) is 10.3. The Morgan fingerprint density at radius 1 is 1.45 bits per heavy atom. The Labute approximate surface area is 114 Å². The minimum absolute atomic E-state index is 0.0433. The van der Waals surface area contributed by atoms with Gasteiger partial charge in [-0.05, 0) is 12.5 Å². The molecule has 2 rings (SSSR count). The standard InChI is InChI=1S/C12H14FN5O2/c1-3-4-14-10-9(5-8(13)6-15-10)11(19)16-12-18-17-7(2)20-12/h5-6H,3-4H2,1-2H3,(H,14,15)(H,16,18,19). The highest BCUT2D eigenvalue weighted by Crippen LogP contribution is 2.16. The van der Waals surface area contributed by atoms with E-state index < -0.39 is 11.7 Å². The van der Waals surface area contributed by atoms with E-state index in [1.165, 1.54) is 0 Å². The molecule has 2 N–H and O–H groups in total. The summed E-state index contributed by atoms with van der Waals surface area (Å²) in [5, 5.41) is 12.6. The van der Waals surface area contributed by atoms with Crippen LogP contribution in [0.3, 0.4) is 0 Å². The van der Waals surface area contributed by atoms with Crippen LogP contribution in [0.5, 0.6) is 0 Å². The number of aromatic nitrogens is 3. The molecule has 2 aromatic rings. The molecule has 0 aliphatic rings. The molecule has 1 amide bonds. The summed E-state index contributed by atoms with van der Waals surface area (Å²) >= 11 is 0. The number of nitrogens with one attached hydrogen (secondary N) is 2. The SMILES string of the molecule is CCCNc1ncc(F)cc1C(=O)Nc1nnc(C)o1. The number of carbonyl (C=O) groups is 1. The summed E-state index contributed by atoms with van der Waals surface area (Å²) in [5.41, 5.74) is 0.0781. The molecule has 0 radical (unpaired) electrons. The predicted molar refractivity (Wildman–Crippen MR) is 70.0 cm³/mol. The largest absolute Gasteiger partial charge is 0.408 e. The average molecular weight is 279 g/mol. The maximum absolute atomic E-state index is 13.3. The third-order valence-electron chi connectivity index (χ3n) is 2.39. The van der Waals surface area contributed by atoms with Gasteiger partial charge in [-0.3, -0.25) is 10.1 Å². The molecule has 0 bridgehead atoms. The second-order valence-corrected chi connectivity index (χ2v) is 4.06. The molecule has 0 saturated heterocycles. The van der Waals surface area contributed by atoms with Crippen LogP contribution >= 0.6 is 0 Å². The van der Waals surface area contributed by atoms with Crippen LogP contribution in [0.4, 0.5) is 16.2 Å². The van der Waals surface area contributed by atoms with Crippen LogP contribution in [-0.4, -0.2) is 27.6 Å². The Morgan fingerprint density at radius 3 is 2.90 bits per heavy atom. The molecule has 2 heterocycles. The zero-order valence-electron chi connectivity index (χ0n) is 11.1. The quantitative estimate of drug-likeness (QED) is 0.869. The van der Waals surface area contributed by atoms with Gasteiger partial charge < -0.3 is 9.73 Å². The van der Waals surface area contributed by atoms with E-state index in [1.54, 1.807) is 6.92 Å². The first-order valence-electron chi connectivity index (χ1n) is 6.11. The van der Waals surface area contributed by atoms with Crippen LogP contribution in [0, 0.1) is 12.7 Å². The lowest BCUT2D eigenvalue weighted by Gasteiger charge is -2.09. The van der Waals surface area contributed by atoms with Crippen molar-refractivity contribution in [3.8, 4) is 0 Å². The highest BCUT2D eigenvalue weighted by molar-refractivity contribution is 6.06. The third-order valence-corrected chi connectivity index (χ3v) is 2.39. The number of nitrogens with zero attached hydrogens (tertiary/aromatic N) is 3. The molecule has 2 aromatic heterocycles. The molecule has 0 aliphatic carbocycles. The number of anilines is 2. The van der Waals surface area contributed by atoms with Gasteiger partial charge in [-0.25, -0.2) is 9.37 Å². The fourth-order valence-corrected chi connectivity index (χ4v) is 1.51. The van der Waals surface area contributed by atoms with Gasteiger partial charge in [-0.1, -0.05) is 12.0 Å². The molecule has 8 heteroatoms. The molecule has 0 aromatic carbocycles. The molecule has 7 nitrogen and oxygen atoms in total. The van der Waals surface area contributed by atoms with Gasteiger partial charge >= 0.3 is 6.01 Å². The first kappa shape index (κ1) is 13.9.